The van der Waals surface area contributed by atoms with Crippen molar-refractivity contribution in [2.24, 2.45) is 5.92 Å². The number of hydrogen-bond acceptors (Lipinski definition) is 4. The van der Waals surface area contributed by atoms with Crippen molar-refractivity contribution in [3.63, 3.8) is 0 Å². The second kappa shape index (κ2) is 5.47. The lowest BCUT2D eigenvalue weighted by atomic mass is 10.0. The molecule has 1 amide bonds. The summed E-state index contributed by atoms with van der Waals surface area (Å²) in [6.45, 7) is 3.61. The summed E-state index contributed by atoms with van der Waals surface area (Å²) in [6.07, 6.45) is 1.68. The maximum atomic E-state index is 11.4. The van der Waals surface area contributed by atoms with Crippen molar-refractivity contribution >= 4 is 11.9 Å². The molecule has 6 heteroatoms. The predicted molar refractivity (Wildman–Crippen MR) is 61.5 cm³/mol. The monoisotopic (exact) mass is 239 g/mol. The summed E-state index contributed by atoms with van der Waals surface area (Å²) in [6, 6.07) is 1.44. The fraction of sp³-hybridized carbons (Fsp3) is 0.545. The lowest BCUT2D eigenvalue weighted by molar-refractivity contribution is -0.146. The minimum absolute atomic E-state index is 0.166. The van der Waals surface area contributed by atoms with E-state index in [-0.39, 0.29) is 23.8 Å². The second-order valence-electron chi connectivity index (χ2n) is 3.81. The van der Waals surface area contributed by atoms with Gasteiger partial charge in [-0.2, -0.15) is 5.10 Å². The van der Waals surface area contributed by atoms with Crippen LogP contribution in [0.15, 0.2) is 12.3 Å². The Bertz CT molecular complexity index is 414. The maximum absolute atomic E-state index is 11.4. The van der Waals surface area contributed by atoms with Gasteiger partial charge in [0, 0.05) is 13.2 Å². The van der Waals surface area contributed by atoms with Crippen molar-refractivity contribution in [2.45, 2.75) is 19.9 Å². The smallest absolute Gasteiger partial charge is 0.310 e. The molecule has 0 spiro atoms. The van der Waals surface area contributed by atoms with Gasteiger partial charge in [0.25, 0.3) is 5.91 Å². The van der Waals surface area contributed by atoms with E-state index >= 15 is 0 Å². The van der Waals surface area contributed by atoms with E-state index in [1.54, 1.807) is 30.9 Å². The van der Waals surface area contributed by atoms with Crippen LogP contribution in [-0.2, 0) is 9.53 Å². The largest absolute Gasteiger partial charge is 0.469 e. The first-order valence-electron chi connectivity index (χ1n) is 5.36. The first kappa shape index (κ1) is 13.2. The molecule has 1 aromatic rings. The zero-order valence-corrected chi connectivity index (χ0v) is 10.4. The highest BCUT2D eigenvalue weighted by Crippen LogP contribution is 2.18. The van der Waals surface area contributed by atoms with Crippen LogP contribution in [0.1, 0.15) is 30.4 Å². The molecule has 1 aromatic heterocycles. The molecule has 0 aromatic carbocycles. The number of methoxy groups -OCH3 is 1. The van der Waals surface area contributed by atoms with E-state index in [9.17, 15) is 9.59 Å². The highest BCUT2D eigenvalue weighted by atomic mass is 16.5. The highest BCUT2D eigenvalue weighted by molar-refractivity contribution is 5.91. The molecule has 2 atom stereocenters. The van der Waals surface area contributed by atoms with Crippen molar-refractivity contribution in [1.29, 1.82) is 0 Å². The highest BCUT2D eigenvalue weighted by Gasteiger charge is 2.23. The van der Waals surface area contributed by atoms with Crippen LogP contribution in [0.4, 0.5) is 0 Å². The van der Waals surface area contributed by atoms with Crippen molar-refractivity contribution in [1.82, 2.24) is 15.1 Å². The van der Waals surface area contributed by atoms with Crippen LogP contribution in [0.2, 0.25) is 0 Å². The summed E-state index contributed by atoms with van der Waals surface area (Å²) < 4.78 is 6.26. The van der Waals surface area contributed by atoms with Gasteiger partial charge in [0.05, 0.1) is 19.1 Å². The number of carbonyl (C=O) groups is 2. The number of nitrogens with one attached hydrogen (secondary N) is 1. The fourth-order valence-corrected chi connectivity index (χ4v) is 1.43. The molecule has 0 aliphatic rings. The van der Waals surface area contributed by atoms with Crippen LogP contribution in [0.25, 0.3) is 0 Å². The van der Waals surface area contributed by atoms with E-state index in [4.69, 9.17) is 0 Å². The summed E-state index contributed by atoms with van der Waals surface area (Å²) in [5.41, 5.74) is 0.330. The minimum atomic E-state index is -0.322. The van der Waals surface area contributed by atoms with Crippen molar-refractivity contribution in [3.8, 4) is 0 Å². The molecule has 0 aliphatic heterocycles. The summed E-state index contributed by atoms with van der Waals surface area (Å²) in [5.74, 6) is -0.867. The van der Waals surface area contributed by atoms with Crippen molar-refractivity contribution < 1.29 is 14.3 Å². The SMILES string of the molecule is CNC(=O)c1ccn(C(C)C(C)C(=O)OC)n1. The van der Waals surface area contributed by atoms with Crippen LogP contribution in [0, 0.1) is 5.92 Å². The third-order valence-electron chi connectivity index (χ3n) is 2.78. The standard InChI is InChI=1S/C11H17N3O3/c1-7(11(16)17-4)8(2)14-6-5-9(13-14)10(15)12-3/h5-8H,1-4H3,(H,12,15). The number of amides is 1. The number of nitrogens with zero attached hydrogens (tertiary/aromatic N) is 2. The van der Waals surface area contributed by atoms with Gasteiger partial charge in [-0.1, -0.05) is 0 Å². The Morgan fingerprint density at radius 3 is 2.65 bits per heavy atom. The van der Waals surface area contributed by atoms with E-state index < -0.39 is 0 Å². The third kappa shape index (κ3) is 2.83. The summed E-state index contributed by atoms with van der Waals surface area (Å²) >= 11 is 0. The van der Waals surface area contributed by atoms with E-state index in [1.807, 2.05) is 6.92 Å². The van der Waals surface area contributed by atoms with Gasteiger partial charge in [-0.15, -0.1) is 0 Å². The molecule has 0 saturated heterocycles. The molecule has 0 fully saturated rings. The molecule has 0 radical (unpaired) electrons. The van der Waals surface area contributed by atoms with Crippen LogP contribution in [-0.4, -0.2) is 35.8 Å². The van der Waals surface area contributed by atoms with Gasteiger partial charge >= 0.3 is 5.97 Å². The van der Waals surface area contributed by atoms with Crippen LogP contribution in [0.3, 0.4) is 0 Å². The predicted octanol–water partition coefficient (Wildman–Crippen LogP) is 0.613. The molecule has 2 unspecified atom stereocenters. The zero-order valence-electron chi connectivity index (χ0n) is 10.4. The molecule has 0 bridgehead atoms. The molecule has 1 heterocycles. The molecule has 94 valence electrons. The minimum Gasteiger partial charge on any atom is -0.469 e. The third-order valence-corrected chi connectivity index (χ3v) is 2.78. The van der Waals surface area contributed by atoms with Gasteiger partial charge in [0.15, 0.2) is 0 Å². The van der Waals surface area contributed by atoms with E-state index in [0.717, 1.165) is 0 Å². The Kier molecular flexibility index (Phi) is 4.25. The number of carbonyl (C=O) groups excluding carboxylic acids is 2. The van der Waals surface area contributed by atoms with Gasteiger partial charge in [-0.05, 0) is 19.9 Å². The molecule has 1 rings (SSSR count). The average molecular weight is 239 g/mol. The molecular formula is C11H17N3O3. The van der Waals surface area contributed by atoms with Crippen LogP contribution in [0.5, 0.6) is 0 Å². The summed E-state index contributed by atoms with van der Waals surface area (Å²) in [7, 11) is 2.90. The Balaban J connectivity index is 2.83. The number of hydrogen-bond donors (Lipinski definition) is 1. The first-order chi connectivity index (χ1) is 8.01. The number of rotatable bonds is 4. The Labute approximate surface area is 99.9 Å². The van der Waals surface area contributed by atoms with E-state index in [1.165, 1.54) is 7.11 Å². The van der Waals surface area contributed by atoms with Gasteiger partial charge in [0.1, 0.15) is 5.69 Å². The number of esters is 1. The molecule has 0 saturated carbocycles. The molecular weight excluding hydrogens is 222 g/mol. The van der Waals surface area contributed by atoms with E-state index in [2.05, 4.69) is 15.2 Å². The van der Waals surface area contributed by atoms with Crippen LogP contribution >= 0.6 is 0 Å². The summed E-state index contributed by atoms with van der Waals surface area (Å²) in [4.78, 5) is 22.7. The Hall–Kier alpha value is -1.85. The van der Waals surface area contributed by atoms with Crippen LogP contribution < -0.4 is 5.32 Å². The zero-order chi connectivity index (χ0) is 13.0. The second-order valence-corrected chi connectivity index (χ2v) is 3.81. The maximum Gasteiger partial charge on any atom is 0.310 e. The number of aromatic nitrogens is 2. The van der Waals surface area contributed by atoms with E-state index in [0.29, 0.717) is 5.69 Å². The van der Waals surface area contributed by atoms with Gasteiger partial charge in [0.2, 0.25) is 0 Å². The fourth-order valence-electron chi connectivity index (χ4n) is 1.43. The summed E-state index contributed by atoms with van der Waals surface area (Å²) in [5, 5.41) is 6.61. The molecule has 1 N–H and O–H groups in total. The number of ether oxygens (including phenoxy) is 1. The van der Waals surface area contributed by atoms with Crippen molar-refractivity contribution in [3.05, 3.63) is 18.0 Å². The first-order valence-corrected chi connectivity index (χ1v) is 5.36. The van der Waals surface area contributed by atoms with Gasteiger partial charge in [-0.3, -0.25) is 14.3 Å². The molecule has 6 nitrogen and oxygen atoms in total. The van der Waals surface area contributed by atoms with Gasteiger partial charge < -0.3 is 10.1 Å². The lowest BCUT2D eigenvalue weighted by Gasteiger charge is -2.17. The van der Waals surface area contributed by atoms with Crippen molar-refractivity contribution in [2.75, 3.05) is 14.2 Å². The molecule has 0 aliphatic carbocycles. The Morgan fingerprint density at radius 2 is 2.12 bits per heavy atom. The molecule has 17 heavy (non-hydrogen) atoms. The lowest BCUT2D eigenvalue weighted by Crippen LogP contribution is -2.24. The Morgan fingerprint density at radius 1 is 1.47 bits per heavy atom. The average Bonchev–Trinajstić information content (AvgIpc) is 2.84. The van der Waals surface area contributed by atoms with Gasteiger partial charge in [-0.25, -0.2) is 0 Å². The topological polar surface area (TPSA) is 73.2 Å². The normalized spacial score (nSPS) is 13.9. The quantitative estimate of drug-likeness (QED) is 0.781.